The van der Waals surface area contributed by atoms with Gasteiger partial charge in [-0.3, -0.25) is 4.79 Å². The molecule has 0 spiro atoms. The molecule has 0 bridgehead atoms. The highest BCUT2D eigenvalue weighted by Crippen LogP contribution is 2.18. The minimum atomic E-state index is -0.944. The van der Waals surface area contributed by atoms with Gasteiger partial charge in [0.15, 0.2) is 5.69 Å². The Bertz CT molecular complexity index is 686. The average molecular weight is 293 g/mol. The number of aromatic nitrogens is 3. The molecule has 0 amide bonds. The summed E-state index contributed by atoms with van der Waals surface area (Å²) < 4.78 is 11.4. The van der Waals surface area contributed by atoms with Gasteiger partial charge >= 0.3 is 18.0 Å². The van der Waals surface area contributed by atoms with E-state index in [4.69, 9.17) is 14.3 Å². The molecule has 21 heavy (non-hydrogen) atoms. The van der Waals surface area contributed by atoms with E-state index in [0.717, 1.165) is 0 Å². The van der Waals surface area contributed by atoms with Crippen LogP contribution in [0.25, 0.3) is 6.01 Å². The van der Waals surface area contributed by atoms with Crippen molar-refractivity contribution in [2.24, 2.45) is 0 Å². The van der Waals surface area contributed by atoms with E-state index in [1.54, 1.807) is 20.8 Å². The first-order valence-electron chi connectivity index (χ1n) is 6.34. The Balaban J connectivity index is 2.35. The molecule has 0 aromatic carbocycles. The van der Waals surface area contributed by atoms with Crippen LogP contribution in [0.2, 0.25) is 0 Å². The monoisotopic (exact) mass is 293 g/mol. The zero-order valence-corrected chi connectivity index (χ0v) is 11.9. The Hall–Kier alpha value is -2.64. The fraction of sp³-hybridized carbons (Fsp3) is 0.385. The topological polar surface area (TPSA) is 107 Å². The van der Waals surface area contributed by atoms with E-state index in [9.17, 15) is 9.59 Å². The van der Waals surface area contributed by atoms with Crippen molar-refractivity contribution in [1.82, 2.24) is 14.8 Å². The van der Waals surface area contributed by atoms with Crippen molar-refractivity contribution in [3.05, 3.63) is 28.9 Å². The number of carbonyl (C=O) groups excluding carboxylic acids is 1. The summed E-state index contributed by atoms with van der Waals surface area (Å²) in [6.07, 6.45) is 1.05. The quantitative estimate of drug-likeness (QED) is 0.827. The molecule has 2 heterocycles. The Morgan fingerprint density at radius 2 is 2.14 bits per heavy atom. The predicted octanol–water partition coefficient (Wildman–Crippen LogP) is 1.28. The van der Waals surface area contributed by atoms with Gasteiger partial charge in [-0.15, -0.1) is 0 Å². The van der Waals surface area contributed by atoms with E-state index < -0.39 is 11.9 Å². The molecular formula is C13H15N3O5. The van der Waals surface area contributed by atoms with Gasteiger partial charge in [0, 0.05) is 5.56 Å². The molecule has 0 aliphatic rings. The van der Waals surface area contributed by atoms with Crippen LogP contribution in [0.5, 0.6) is 0 Å². The maximum Gasteiger partial charge on any atom is 0.360 e. The van der Waals surface area contributed by atoms with Gasteiger partial charge in [-0.05, 0) is 20.8 Å². The van der Waals surface area contributed by atoms with Crippen molar-refractivity contribution in [3.8, 4) is 6.01 Å². The predicted molar refractivity (Wildman–Crippen MR) is 70.4 cm³/mol. The summed E-state index contributed by atoms with van der Waals surface area (Å²) in [4.78, 5) is 26.4. The lowest BCUT2D eigenvalue weighted by molar-refractivity contribution is -0.136. The van der Waals surface area contributed by atoms with Crippen LogP contribution in [0.1, 0.15) is 34.4 Å². The summed E-state index contributed by atoms with van der Waals surface area (Å²) in [6.45, 7) is 5.35. The molecule has 0 aliphatic heterocycles. The number of aliphatic carboxylic acids is 1. The highest BCUT2D eigenvalue weighted by molar-refractivity contribution is 5.86. The molecule has 8 heteroatoms. The highest BCUT2D eigenvalue weighted by Gasteiger charge is 2.20. The summed E-state index contributed by atoms with van der Waals surface area (Å²) in [5, 5.41) is 13.1. The van der Waals surface area contributed by atoms with Crippen LogP contribution in [0.4, 0.5) is 0 Å². The third kappa shape index (κ3) is 2.93. The van der Waals surface area contributed by atoms with Gasteiger partial charge in [0.1, 0.15) is 6.26 Å². The molecule has 0 fully saturated rings. The summed E-state index contributed by atoms with van der Waals surface area (Å²) in [5.74, 6) is -1.53. The van der Waals surface area contributed by atoms with Gasteiger partial charge in [0.05, 0.1) is 24.4 Å². The Kier molecular flexibility index (Phi) is 4.06. The molecule has 2 rings (SSSR count). The molecule has 2 aromatic heterocycles. The number of carboxylic acid groups (broad SMARTS) is 1. The molecule has 1 N–H and O–H groups in total. The van der Waals surface area contributed by atoms with Gasteiger partial charge < -0.3 is 14.3 Å². The lowest BCUT2D eigenvalue weighted by Gasteiger charge is -1.99. The van der Waals surface area contributed by atoms with Crippen molar-refractivity contribution in [2.75, 3.05) is 6.61 Å². The van der Waals surface area contributed by atoms with Crippen molar-refractivity contribution >= 4 is 11.9 Å². The second-order valence-corrected chi connectivity index (χ2v) is 4.37. The van der Waals surface area contributed by atoms with E-state index in [-0.39, 0.29) is 24.7 Å². The first kappa shape index (κ1) is 14.8. The van der Waals surface area contributed by atoms with Crippen LogP contribution in [0, 0.1) is 13.8 Å². The number of rotatable bonds is 5. The smallest absolute Gasteiger partial charge is 0.360 e. The first-order valence-corrected chi connectivity index (χ1v) is 6.34. The van der Waals surface area contributed by atoms with Crippen LogP contribution < -0.4 is 0 Å². The molecule has 0 radical (unpaired) electrons. The number of nitrogens with zero attached hydrogens (tertiary/aromatic N) is 3. The zero-order chi connectivity index (χ0) is 15.6. The lowest BCUT2D eigenvalue weighted by atomic mass is 10.1. The maximum absolute atomic E-state index is 11.5. The van der Waals surface area contributed by atoms with Crippen LogP contribution in [0.15, 0.2) is 10.7 Å². The fourth-order valence-electron chi connectivity index (χ4n) is 1.93. The second kappa shape index (κ2) is 5.78. The standard InChI is InChI=1S/C13H15N3O5/c1-4-20-12(19)10-6-21-13(14-10)16-8(3)9(5-11(17)18)7(2)15-16/h6H,4-5H2,1-3H3,(H,17,18). The summed E-state index contributed by atoms with van der Waals surface area (Å²) in [5.41, 5.74) is 1.82. The normalized spacial score (nSPS) is 10.6. The SMILES string of the molecule is CCOC(=O)c1coc(-n2nc(C)c(CC(=O)O)c2C)n1. The number of carboxylic acids is 1. The van der Waals surface area contributed by atoms with Crippen LogP contribution in [-0.4, -0.2) is 38.4 Å². The molecule has 0 saturated carbocycles. The number of ether oxygens (including phenoxy) is 1. The lowest BCUT2D eigenvalue weighted by Crippen LogP contribution is -2.06. The molecule has 0 aliphatic carbocycles. The number of aryl methyl sites for hydroxylation is 1. The largest absolute Gasteiger partial charge is 0.481 e. The molecule has 0 atom stereocenters. The molecule has 0 unspecified atom stereocenters. The van der Waals surface area contributed by atoms with E-state index in [2.05, 4.69) is 10.1 Å². The number of carbonyl (C=O) groups is 2. The van der Waals surface area contributed by atoms with Gasteiger partial charge in [0.2, 0.25) is 0 Å². The minimum Gasteiger partial charge on any atom is -0.481 e. The Morgan fingerprint density at radius 3 is 2.76 bits per heavy atom. The van der Waals surface area contributed by atoms with E-state index in [0.29, 0.717) is 17.0 Å². The van der Waals surface area contributed by atoms with Crippen molar-refractivity contribution in [1.29, 1.82) is 0 Å². The second-order valence-electron chi connectivity index (χ2n) is 4.37. The average Bonchev–Trinajstić information content (AvgIpc) is 2.99. The van der Waals surface area contributed by atoms with Crippen LogP contribution >= 0.6 is 0 Å². The first-order chi connectivity index (χ1) is 9.93. The van der Waals surface area contributed by atoms with Gasteiger partial charge in [-0.2, -0.15) is 14.8 Å². The zero-order valence-electron chi connectivity index (χ0n) is 11.9. The Labute approximate surface area is 120 Å². The number of oxazole rings is 1. The summed E-state index contributed by atoms with van der Waals surface area (Å²) in [6, 6.07) is 0.0929. The Morgan fingerprint density at radius 1 is 1.43 bits per heavy atom. The third-order valence-corrected chi connectivity index (χ3v) is 2.93. The van der Waals surface area contributed by atoms with E-state index in [1.807, 2.05) is 0 Å². The fourth-order valence-corrected chi connectivity index (χ4v) is 1.93. The van der Waals surface area contributed by atoms with Crippen molar-refractivity contribution in [2.45, 2.75) is 27.2 Å². The third-order valence-electron chi connectivity index (χ3n) is 2.93. The van der Waals surface area contributed by atoms with E-state index >= 15 is 0 Å². The molecule has 2 aromatic rings. The molecule has 8 nitrogen and oxygen atoms in total. The van der Waals surface area contributed by atoms with Gasteiger partial charge in [0.25, 0.3) is 0 Å². The number of hydrogen-bond acceptors (Lipinski definition) is 6. The van der Waals surface area contributed by atoms with Crippen molar-refractivity contribution < 1.29 is 23.8 Å². The van der Waals surface area contributed by atoms with Crippen LogP contribution in [-0.2, 0) is 16.0 Å². The summed E-state index contributed by atoms with van der Waals surface area (Å²) >= 11 is 0. The van der Waals surface area contributed by atoms with E-state index in [1.165, 1.54) is 10.9 Å². The highest BCUT2D eigenvalue weighted by atomic mass is 16.5. The molecular weight excluding hydrogens is 278 g/mol. The van der Waals surface area contributed by atoms with Gasteiger partial charge in [-0.1, -0.05) is 0 Å². The van der Waals surface area contributed by atoms with Gasteiger partial charge in [-0.25, -0.2) is 4.79 Å². The molecule has 112 valence electrons. The number of esters is 1. The van der Waals surface area contributed by atoms with Crippen LogP contribution in [0.3, 0.4) is 0 Å². The molecule has 0 saturated heterocycles. The van der Waals surface area contributed by atoms with Crippen molar-refractivity contribution in [3.63, 3.8) is 0 Å². The minimum absolute atomic E-state index is 0.0409. The number of hydrogen-bond donors (Lipinski definition) is 1. The summed E-state index contributed by atoms with van der Waals surface area (Å²) in [7, 11) is 0. The maximum atomic E-state index is 11.5.